The average Bonchev–Trinajstić information content (AvgIpc) is 2.99. The molecule has 1 atom stereocenters. The maximum absolute atomic E-state index is 12.1. The van der Waals surface area contributed by atoms with E-state index >= 15 is 0 Å². The van der Waals surface area contributed by atoms with Gasteiger partial charge >= 0.3 is 5.97 Å². The quantitative estimate of drug-likeness (QED) is 0.657. The molecule has 27 heavy (non-hydrogen) atoms. The minimum Gasteiger partial charge on any atom is -0.464 e. The summed E-state index contributed by atoms with van der Waals surface area (Å²) in [7, 11) is 1.36. The third-order valence-corrected chi connectivity index (χ3v) is 4.44. The van der Waals surface area contributed by atoms with Gasteiger partial charge < -0.3 is 15.0 Å². The Hall–Kier alpha value is -2.63. The molecule has 6 heteroatoms. The number of ether oxygens (including phenoxy) is 1. The van der Waals surface area contributed by atoms with E-state index in [1.54, 1.807) is 0 Å². The highest BCUT2D eigenvalue weighted by atomic mass is 35.5. The molecule has 1 aromatic heterocycles. The van der Waals surface area contributed by atoms with Crippen LogP contribution in [0.2, 0.25) is 0 Å². The number of benzene rings is 2. The van der Waals surface area contributed by atoms with E-state index in [2.05, 4.69) is 4.98 Å². The molecule has 3 aromatic rings. The molecule has 0 bridgehead atoms. The second kappa shape index (κ2) is 9.35. The number of nitrogens with two attached hydrogens (primary N) is 1. The van der Waals surface area contributed by atoms with Gasteiger partial charge in [-0.05, 0) is 24.5 Å². The highest BCUT2D eigenvalue weighted by Gasteiger charge is 2.23. The molecule has 5 nitrogen and oxygen atoms in total. The molecule has 2 aromatic carbocycles. The lowest BCUT2D eigenvalue weighted by molar-refractivity contribution is 0.0593. The summed E-state index contributed by atoms with van der Waals surface area (Å²) >= 11 is 0. The Morgan fingerprint density at radius 2 is 1.63 bits per heavy atom. The Kier molecular flexibility index (Phi) is 7.16. The van der Waals surface area contributed by atoms with Gasteiger partial charge in [0.1, 0.15) is 5.82 Å². The molecule has 142 valence electrons. The van der Waals surface area contributed by atoms with E-state index in [-0.39, 0.29) is 18.4 Å². The summed E-state index contributed by atoms with van der Waals surface area (Å²) in [6.07, 6.45) is 0.646. The third-order valence-electron chi connectivity index (χ3n) is 4.44. The zero-order valence-electron chi connectivity index (χ0n) is 15.5. The van der Waals surface area contributed by atoms with Crippen LogP contribution in [0.5, 0.6) is 0 Å². The number of esters is 1. The predicted octanol–water partition coefficient (Wildman–Crippen LogP) is 3.69. The van der Waals surface area contributed by atoms with Gasteiger partial charge in [0, 0.05) is 12.2 Å². The van der Waals surface area contributed by atoms with Crippen molar-refractivity contribution in [3.8, 4) is 0 Å². The van der Waals surface area contributed by atoms with Gasteiger partial charge in [0.05, 0.1) is 13.2 Å². The van der Waals surface area contributed by atoms with Gasteiger partial charge in [0.15, 0.2) is 5.69 Å². The van der Waals surface area contributed by atoms with E-state index in [1.165, 1.54) is 7.11 Å². The topological polar surface area (TPSA) is 70.1 Å². The van der Waals surface area contributed by atoms with Crippen LogP contribution in [0, 0.1) is 6.92 Å². The SMILES string of the molecule is COC(=O)c1nc([C@@H](N)Cc2ccccc2)n(Cc2ccccc2)c1C.Cl. The van der Waals surface area contributed by atoms with Gasteiger partial charge in [-0.2, -0.15) is 0 Å². The first-order valence-electron chi connectivity index (χ1n) is 8.59. The van der Waals surface area contributed by atoms with Gasteiger partial charge in [0.25, 0.3) is 0 Å². The Labute approximate surface area is 165 Å². The lowest BCUT2D eigenvalue weighted by atomic mass is 10.1. The maximum atomic E-state index is 12.1. The fourth-order valence-electron chi connectivity index (χ4n) is 3.05. The number of aromatic nitrogens is 2. The number of methoxy groups -OCH3 is 1. The smallest absolute Gasteiger partial charge is 0.358 e. The molecule has 0 amide bonds. The number of nitrogens with zero attached hydrogens (tertiary/aromatic N) is 2. The molecule has 2 N–H and O–H groups in total. The molecule has 0 unspecified atom stereocenters. The van der Waals surface area contributed by atoms with Crippen LogP contribution in [0.25, 0.3) is 0 Å². The number of carbonyl (C=O) groups is 1. The largest absolute Gasteiger partial charge is 0.464 e. The van der Waals surface area contributed by atoms with E-state index in [9.17, 15) is 4.79 Å². The van der Waals surface area contributed by atoms with Crippen molar-refractivity contribution >= 4 is 18.4 Å². The molecule has 0 aliphatic carbocycles. The van der Waals surface area contributed by atoms with Gasteiger partial charge in [-0.3, -0.25) is 0 Å². The summed E-state index contributed by atoms with van der Waals surface area (Å²) < 4.78 is 6.89. The number of carbonyl (C=O) groups excluding carboxylic acids is 1. The van der Waals surface area contributed by atoms with Gasteiger partial charge in [-0.15, -0.1) is 12.4 Å². The maximum Gasteiger partial charge on any atom is 0.358 e. The molecule has 0 saturated heterocycles. The lowest BCUT2D eigenvalue weighted by Gasteiger charge is -2.15. The molecule has 1 heterocycles. The Bertz CT molecular complexity index is 879. The first kappa shape index (κ1) is 20.7. The molecule has 0 fully saturated rings. The predicted molar refractivity (Wildman–Crippen MR) is 108 cm³/mol. The van der Waals surface area contributed by atoms with Crippen LogP contribution in [0.4, 0.5) is 0 Å². The average molecular weight is 386 g/mol. The summed E-state index contributed by atoms with van der Waals surface area (Å²) in [4.78, 5) is 16.6. The number of halogens is 1. The summed E-state index contributed by atoms with van der Waals surface area (Å²) in [5.74, 6) is 0.248. The summed E-state index contributed by atoms with van der Waals surface area (Å²) in [5.41, 5.74) is 9.81. The lowest BCUT2D eigenvalue weighted by Crippen LogP contribution is -2.20. The molecule has 0 spiro atoms. The van der Waals surface area contributed by atoms with Crippen molar-refractivity contribution in [2.75, 3.05) is 7.11 Å². The zero-order chi connectivity index (χ0) is 18.5. The van der Waals surface area contributed by atoms with Crippen LogP contribution >= 0.6 is 12.4 Å². The monoisotopic (exact) mass is 385 g/mol. The highest BCUT2D eigenvalue weighted by molar-refractivity contribution is 5.88. The highest BCUT2D eigenvalue weighted by Crippen LogP contribution is 2.21. The molecule has 0 aliphatic heterocycles. The molecular weight excluding hydrogens is 362 g/mol. The molecule has 0 aliphatic rings. The number of hydrogen-bond acceptors (Lipinski definition) is 4. The van der Waals surface area contributed by atoms with Crippen molar-refractivity contribution in [3.63, 3.8) is 0 Å². The second-order valence-corrected chi connectivity index (χ2v) is 6.26. The Morgan fingerprint density at radius 3 is 2.19 bits per heavy atom. The van der Waals surface area contributed by atoms with E-state index in [0.29, 0.717) is 24.5 Å². The van der Waals surface area contributed by atoms with Crippen LogP contribution in [0.15, 0.2) is 60.7 Å². The fraction of sp³-hybridized carbons (Fsp3) is 0.238. The van der Waals surface area contributed by atoms with Crippen LogP contribution < -0.4 is 5.73 Å². The third kappa shape index (κ3) is 4.76. The van der Waals surface area contributed by atoms with Crippen molar-refractivity contribution in [1.82, 2.24) is 9.55 Å². The van der Waals surface area contributed by atoms with Crippen LogP contribution in [-0.2, 0) is 17.7 Å². The fourth-order valence-corrected chi connectivity index (χ4v) is 3.05. The normalized spacial score (nSPS) is 11.5. The summed E-state index contributed by atoms with van der Waals surface area (Å²) in [6, 6.07) is 19.8. The number of hydrogen-bond donors (Lipinski definition) is 1. The summed E-state index contributed by atoms with van der Waals surface area (Å²) in [6.45, 7) is 2.48. The van der Waals surface area contributed by atoms with Crippen molar-refractivity contribution in [3.05, 3.63) is 89.0 Å². The number of imidazole rings is 1. The molecule has 3 rings (SSSR count). The minimum absolute atomic E-state index is 0. The van der Waals surface area contributed by atoms with Gasteiger partial charge in [-0.1, -0.05) is 60.7 Å². The van der Waals surface area contributed by atoms with Crippen molar-refractivity contribution in [1.29, 1.82) is 0 Å². The van der Waals surface area contributed by atoms with Crippen molar-refractivity contribution in [2.24, 2.45) is 5.73 Å². The Balaban J connectivity index is 0.00000261. The van der Waals surface area contributed by atoms with E-state index < -0.39 is 5.97 Å². The summed E-state index contributed by atoms with van der Waals surface area (Å²) in [5, 5.41) is 0. The van der Waals surface area contributed by atoms with E-state index in [0.717, 1.165) is 16.8 Å². The van der Waals surface area contributed by atoms with Crippen LogP contribution in [0.3, 0.4) is 0 Å². The van der Waals surface area contributed by atoms with Crippen LogP contribution in [0.1, 0.15) is 39.2 Å². The molecular formula is C21H24ClN3O2. The van der Waals surface area contributed by atoms with Crippen molar-refractivity contribution < 1.29 is 9.53 Å². The van der Waals surface area contributed by atoms with Crippen molar-refractivity contribution in [2.45, 2.75) is 25.9 Å². The second-order valence-electron chi connectivity index (χ2n) is 6.26. The van der Waals surface area contributed by atoms with E-state index in [4.69, 9.17) is 10.5 Å². The van der Waals surface area contributed by atoms with E-state index in [1.807, 2.05) is 72.2 Å². The first-order valence-corrected chi connectivity index (χ1v) is 8.59. The minimum atomic E-state index is -0.442. The van der Waals surface area contributed by atoms with Crippen LogP contribution in [-0.4, -0.2) is 22.6 Å². The van der Waals surface area contributed by atoms with Gasteiger partial charge in [-0.25, -0.2) is 9.78 Å². The zero-order valence-corrected chi connectivity index (χ0v) is 16.3. The Morgan fingerprint density at radius 1 is 1.07 bits per heavy atom. The molecule has 0 saturated carbocycles. The standard InChI is InChI=1S/C21H23N3O2.ClH/c1-15-19(21(25)26-2)23-20(18(22)13-16-9-5-3-6-10-16)24(15)14-17-11-7-4-8-12-17;/h3-12,18H,13-14,22H2,1-2H3;1H/t18-;/m0./s1. The number of rotatable bonds is 6. The van der Waals surface area contributed by atoms with Gasteiger partial charge in [0.2, 0.25) is 0 Å². The molecule has 0 radical (unpaired) electrons. The first-order chi connectivity index (χ1) is 12.6.